The number of benzene rings is 9. The maximum Gasteiger partial charge on any atom is 0.147 e. The average molecular weight is 928 g/mol. The van der Waals surface area contributed by atoms with Crippen molar-refractivity contribution in [2.24, 2.45) is 0 Å². The van der Waals surface area contributed by atoms with Crippen LogP contribution in [0.25, 0.3) is 94.1 Å². The molecule has 14 rings (SSSR count). The van der Waals surface area contributed by atoms with Gasteiger partial charge in [0.25, 0.3) is 0 Å². The average Bonchev–Trinajstić information content (AvgIpc) is 4.14. The lowest BCUT2D eigenvalue weighted by atomic mass is 9.74. The van der Waals surface area contributed by atoms with Gasteiger partial charge < -0.3 is 9.40 Å². The molecule has 0 aliphatic carbocycles. The van der Waals surface area contributed by atoms with Gasteiger partial charge in [-0.3, -0.25) is 9.47 Å². The Hall–Kier alpha value is -9.00. The van der Waals surface area contributed by atoms with Gasteiger partial charge in [0.05, 0.1) is 27.6 Å². The summed E-state index contributed by atoms with van der Waals surface area (Å²) in [5, 5.41) is 4.26. The van der Waals surface area contributed by atoms with E-state index in [9.17, 15) is 0 Å². The summed E-state index contributed by atoms with van der Waals surface area (Å²) in [5.41, 5.74) is 18.6. The molecule has 6 nitrogen and oxygen atoms in total. The summed E-state index contributed by atoms with van der Waals surface area (Å²) in [7, 11) is 0. The highest BCUT2D eigenvalue weighted by molar-refractivity contribution is 6.26. The second-order valence-electron chi connectivity index (χ2n) is 20.3. The van der Waals surface area contributed by atoms with Gasteiger partial charge in [-0.1, -0.05) is 179 Å². The fourth-order valence-electron chi connectivity index (χ4n) is 11.7. The van der Waals surface area contributed by atoms with Crippen molar-refractivity contribution in [2.75, 3.05) is 4.90 Å². The predicted octanol–water partition coefficient (Wildman–Crippen LogP) is 17.4. The van der Waals surface area contributed by atoms with Gasteiger partial charge >= 0.3 is 0 Å². The minimum absolute atomic E-state index is 0.225. The fraction of sp³-hybridized carbons (Fsp3) is 0.0909. The Morgan fingerprint density at radius 3 is 2.07 bits per heavy atom. The van der Waals surface area contributed by atoms with E-state index < -0.39 is 0 Å². The molecule has 1 aliphatic heterocycles. The summed E-state index contributed by atoms with van der Waals surface area (Å²) in [6.07, 6.45) is 1.90. The van der Waals surface area contributed by atoms with Crippen molar-refractivity contribution in [2.45, 2.75) is 38.5 Å². The molecule has 4 aromatic heterocycles. The number of anilines is 3. The van der Waals surface area contributed by atoms with Gasteiger partial charge in [0.2, 0.25) is 0 Å². The third-order valence-electron chi connectivity index (χ3n) is 15.5. The van der Waals surface area contributed by atoms with Crippen LogP contribution >= 0.6 is 0 Å². The molecule has 5 heterocycles. The number of rotatable bonds is 7. The van der Waals surface area contributed by atoms with Crippen molar-refractivity contribution in [3.05, 3.63) is 241 Å². The van der Waals surface area contributed by atoms with Gasteiger partial charge in [0.1, 0.15) is 22.8 Å². The van der Waals surface area contributed by atoms with Gasteiger partial charge in [-0.25, -0.2) is 9.97 Å². The Morgan fingerprint density at radius 1 is 0.542 bits per heavy atom. The molecule has 0 unspecified atom stereocenters. The van der Waals surface area contributed by atoms with E-state index in [-0.39, 0.29) is 10.8 Å². The zero-order chi connectivity index (χ0) is 48.3. The number of furan rings is 1. The lowest BCUT2D eigenvalue weighted by molar-refractivity contribution is 0.627. The first-order valence-corrected chi connectivity index (χ1v) is 24.8. The molecule has 0 fully saturated rings. The van der Waals surface area contributed by atoms with E-state index in [1.807, 2.05) is 6.20 Å². The molecule has 0 atom stereocenters. The van der Waals surface area contributed by atoms with E-state index in [1.165, 1.54) is 22.3 Å². The van der Waals surface area contributed by atoms with Crippen LogP contribution in [0, 0.1) is 0 Å². The van der Waals surface area contributed by atoms with Gasteiger partial charge in [0, 0.05) is 72.3 Å². The Morgan fingerprint density at radius 2 is 1.24 bits per heavy atom. The molecular formula is C66H49N5O. The largest absolute Gasteiger partial charge is 0.455 e. The lowest BCUT2D eigenvalue weighted by Gasteiger charge is -2.41. The van der Waals surface area contributed by atoms with Crippen molar-refractivity contribution in [3.63, 3.8) is 0 Å². The first kappa shape index (κ1) is 41.9. The number of para-hydroxylation sites is 3. The molecule has 0 radical (unpaired) electrons. The smallest absolute Gasteiger partial charge is 0.147 e. The summed E-state index contributed by atoms with van der Waals surface area (Å²) in [5.74, 6) is 1.77. The molecule has 1 aliphatic rings. The van der Waals surface area contributed by atoms with E-state index in [0.29, 0.717) is 0 Å². The van der Waals surface area contributed by atoms with Crippen LogP contribution in [-0.4, -0.2) is 19.5 Å². The zero-order valence-electron chi connectivity index (χ0n) is 40.5. The minimum Gasteiger partial charge on any atom is -0.455 e. The van der Waals surface area contributed by atoms with Crippen molar-refractivity contribution in [1.82, 2.24) is 19.5 Å². The number of hydrogen-bond donors (Lipinski definition) is 1. The van der Waals surface area contributed by atoms with Crippen LogP contribution in [0.1, 0.15) is 49.9 Å². The molecule has 0 spiro atoms. The quantitative estimate of drug-likeness (QED) is 0.173. The third kappa shape index (κ3) is 6.21. The lowest BCUT2D eigenvalue weighted by Crippen LogP contribution is -2.31. The van der Waals surface area contributed by atoms with Crippen molar-refractivity contribution >= 4 is 72.0 Å². The van der Waals surface area contributed by atoms with Gasteiger partial charge in [-0.15, -0.1) is 0 Å². The molecule has 6 heteroatoms. The molecule has 0 bridgehead atoms. The van der Waals surface area contributed by atoms with Crippen LogP contribution in [0.15, 0.2) is 223 Å². The van der Waals surface area contributed by atoms with E-state index in [1.54, 1.807) is 0 Å². The molecule has 0 amide bonds. The van der Waals surface area contributed by atoms with Crippen LogP contribution in [0.4, 0.5) is 17.2 Å². The number of aromatic nitrogens is 4. The maximum atomic E-state index is 6.92. The molecule has 72 heavy (non-hydrogen) atoms. The highest BCUT2D eigenvalue weighted by Crippen LogP contribution is 2.52. The van der Waals surface area contributed by atoms with Crippen LogP contribution < -0.4 is 4.90 Å². The highest BCUT2D eigenvalue weighted by Gasteiger charge is 2.38. The number of nitrogens with one attached hydrogen (secondary N) is 1. The Bertz CT molecular complexity index is 4230. The van der Waals surface area contributed by atoms with Crippen molar-refractivity contribution < 1.29 is 4.42 Å². The molecule has 9 aromatic carbocycles. The minimum atomic E-state index is -0.250. The normalized spacial score (nSPS) is 13.4. The highest BCUT2D eigenvalue weighted by atomic mass is 16.3. The summed E-state index contributed by atoms with van der Waals surface area (Å²) in [6, 6.07) is 76.2. The van der Waals surface area contributed by atoms with E-state index in [2.05, 4.69) is 254 Å². The maximum absolute atomic E-state index is 6.92. The van der Waals surface area contributed by atoms with E-state index in [0.717, 1.165) is 111 Å². The second-order valence-corrected chi connectivity index (χ2v) is 20.3. The standard InChI is InChI=1S/C66H49N5O/c1-65(2,43-23-10-6-11-24-43)44-33-36-55-51(39-44)58-59(68-55)52(40-50-49-28-14-17-32-57(49)72-62(50)58)63-69-60-47(34-35-48(41-20-8-5-9-21-41)61(60)71(63)45-25-12-7-13-26-45)42-22-18-27-46(38-42)70-56-31-16-15-29-53(56)66(3,4)54-30-19-37-67-64(54)70/h5-40,68H,1-4H3. The van der Waals surface area contributed by atoms with Crippen molar-refractivity contribution in [3.8, 4) is 39.3 Å². The molecular weight excluding hydrogens is 879 g/mol. The van der Waals surface area contributed by atoms with Crippen LogP contribution in [0.3, 0.4) is 0 Å². The van der Waals surface area contributed by atoms with E-state index in [4.69, 9.17) is 14.4 Å². The summed E-state index contributed by atoms with van der Waals surface area (Å²) < 4.78 is 9.30. The number of aromatic amines is 1. The second kappa shape index (κ2) is 15.8. The molecule has 344 valence electrons. The summed E-state index contributed by atoms with van der Waals surface area (Å²) in [4.78, 5) is 17.3. The van der Waals surface area contributed by atoms with Crippen molar-refractivity contribution in [1.29, 1.82) is 0 Å². The van der Waals surface area contributed by atoms with E-state index >= 15 is 0 Å². The topological polar surface area (TPSA) is 62.9 Å². The zero-order valence-corrected chi connectivity index (χ0v) is 40.5. The first-order chi connectivity index (χ1) is 35.2. The third-order valence-corrected chi connectivity index (χ3v) is 15.5. The number of nitrogens with zero attached hydrogens (tertiary/aromatic N) is 4. The fourth-order valence-corrected chi connectivity index (χ4v) is 11.7. The Balaban J connectivity index is 1.07. The number of pyridine rings is 1. The van der Waals surface area contributed by atoms with Gasteiger partial charge in [-0.05, 0) is 88.5 Å². The number of imidazole rings is 1. The summed E-state index contributed by atoms with van der Waals surface area (Å²) >= 11 is 0. The van der Waals surface area contributed by atoms with Gasteiger partial charge in [-0.2, -0.15) is 0 Å². The molecule has 0 saturated carbocycles. The number of H-pyrrole nitrogens is 1. The van der Waals surface area contributed by atoms with Crippen LogP contribution in [0.5, 0.6) is 0 Å². The molecule has 1 N–H and O–H groups in total. The number of hydrogen-bond acceptors (Lipinski definition) is 4. The Kier molecular flexibility index (Phi) is 9.18. The SMILES string of the molecule is CC(C)(c1ccccc1)c1ccc2[nH]c3c(-c4nc5c(-c6cccc(N7c8ccccc8C(C)(C)c8cccnc87)c6)ccc(-c6ccccc6)c5n4-c4ccccc4)cc4c5ccccc5oc4c3c2c1. The predicted molar refractivity (Wildman–Crippen MR) is 297 cm³/mol. The molecule has 0 saturated heterocycles. The van der Waals surface area contributed by atoms with Crippen LogP contribution in [-0.2, 0) is 10.8 Å². The van der Waals surface area contributed by atoms with Crippen LogP contribution in [0.2, 0.25) is 0 Å². The Labute approximate surface area is 417 Å². The molecule has 13 aromatic rings. The number of fused-ring (bicyclic) bond motifs is 10. The monoisotopic (exact) mass is 927 g/mol. The summed E-state index contributed by atoms with van der Waals surface area (Å²) in [6.45, 7) is 9.21. The first-order valence-electron chi connectivity index (χ1n) is 24.8. The van der Waals surface area contributed by atoms with Gasteiger partial charge in [0.15, 0.2) is 0 Å².